The van der Waals surface area contributed by atoms with Gasteiger partial charge in [-0.15, -0.1) is 0 Å². The summed E-state index contributed by atoms with van der Waals surface area (Å²) in [5.74, 6) is 0.362. The summed E-state index contributed by atoms with van der Waals surface area (Å²) in [6.07, 6.45) is 1.86. The zero-order valence-corrected chi connectivity index (χ0v) is 12.3. The summed E-state index contributed by atoms with van der Waals surface area (Å²) in [7, 11) is 0. The molecule has 0 aliphatic rings. The number of aliphatic hydroxyl groups excluding tert-OH is 1. The Morgan fingerprint density at radius 2 is 1.81 bits per heavy atom. The first-order valence-electron chi connectivity index (χ1n) is 6.04. The number of amides is 1. The van der Waals surface area contributed by atoms with Gasteiger partial charge in [-0.3, -0.25) is 4.79 Å². The van der Waals surface area contributed by atoms with Crippen molar-refractivity contribution < 1.29 is 9.90 Å². The Labute approximate surface area is 107 Å². The molecule has 1 amide bonds. The summed E-state index contributed by atoms with van der Waals surface area (Å²) >= 11 is 3.43. The zero-order chi connectivity index (χ0) is 12.7. The molecule has 0 saturated carbocycles. The lowest BCUT2D eigenvalue weighted by Gasteiger charge is -2.32. The third kappa shape index (κ3) is 4.42. The van der Waals surface area contributed by atoms with E-state index in [1.54, 1.807) is 4.90 Å². The van der Waals surface area contributed by atoms with Crippen LogP contribution in [0.25, 0.3) is 0 Å². The maximum atomic E-state index is 12.2. The average Bonchev–Trinajstić information content (AvgIpc) is 2.27. The second-order valence-electron chi connectivity index (χ2n) is 4.37. The van der Waals surface area contributed by atoms with E-state index in [2.05, 4.69) is 29.8 Å². The van der Waals surface area contributed by atoms with Crippen LogP contribution in [0.1, 0.15) is 40.5 Å². The largest absolute Gasteiger partial charge is 0.395 e. The van der Waals surface area contributed by atoms with Gasteiger partial charge in [0, 0.05) is 12.6 Å². The van der Waals surface area contributed by atoms with Crippen molar-refractivity contribution >= 4 is 21.8 Å². The molecule has 0 radical (unpaired) electrons. The average molecular weight is 294 g/mol. The monoisotopic (exact) mass is 293 g/mol. The molecule has 0 aromatic heterocycles. The lowest BCUT2D eigenvalue weighted by atomic mass is 10.1. The second kappa shape index (κ2) is 8.07. The smallest absolute Gasteiger partial charge is 0.236 e. The topological polar surface area (TPSA) is 40.5 Å². The van der Waals surface area contributed by atoms with Gasteiger partial charge in [0.15, 0.2) is 0 Å². The van der Waals surface area contributed by atoms with Crippen LogP contribution in [0.2, 0.25) is 0 Å². The highest BCUT2D eigenvalue weighted by molar-refractivity contribution is 9.10. The van der Waals surface area contributed by atoms with E-state index >= 15 is 0 Å². The van der Waals surface area contributed by atoms with Crippen molar-refractivity contribution in [1.29, 1.82) is 0 Å². The highest BCUT2D eigenvalue weighted by Gasteiger charge is 2.27. The van der Waals surface area contributed by atoms with Crippen LogP contribution in [0.15, 0.2) is 0 Å². The maximum Gasteiger partial charge on any atom is 0.236 e. The van der Waals surface area contributed by atoms with Crippen molar-refractivity contribution in [3.63, 3.8) is 0 Å². The molecule has 1 unspecified atom stereocenters. The van der Waals surface area contributed by atoms with Gasteiger partial charge in [-0.1, -0.05) is 43.6 Å². The first-order chi connectivity index (χ1) is 7.49. The summed E-state index contributed by atoms with van der Waals surface area (Å²) in [5.41, 5.74) is 0. The Balaban J connectivity index is 4.69. The van der Waals surface area contributed by atoms with Crippen LogP contribution in [0.5, 0.6) is 0 Å². The van der Waals surface area contributed by atoms with Gasteiger partial charge in [0.1, 0.15) is 0 Å². The number of carbonyl (C=O) groups excluding carboxylic acids is 1. The van der Waals surface area contributed by atoms with Crippen LogP contribution in [0.4, 0.5) is 0 Å². The number of nitrogens with zero attached hydrogens (tertiary/aromatic N) is 1. The highest BCUT2D eigenvalue weighted by atomic mass is 79.9. The Bertz CT molecular complexity index is 205. The summed E-state index contributed by atoms with van der Waals surface area (Å²) in [5, 5.41) is 9.04. The first kappa shape index (κ1) is 15.9. The number of hydrogen-bond acceptors (Lipinski definition) is 2. The summed E-state index contributed by atoms with van der Waals surface area (Å²) in [4.78, 5) is 13.9. The predicted molar refractivity (Wildman–Crippen MR) is 70.7 cm³/mol. The molecule has 0 rings (SSSR count). The van der Waals surface area contributed by atoms with E-state index < -0.39 is 0 Å². The van der Waals surface area contributed by atoms with Crippen molar-refractivity contribution in [1.82, 2.24) is 4.90 Å². The van der Waals surface area contributed by atoms with E-state index in [9.17, 15) is 4.79 Å². The van der Waals surface area contributed by atoms with Crippen molar-refractivity contribution in [3.8, 4) is 0 Å². The number of carbonyl (C=O) groups is 1. The Hall–Kier alpha value is -0.0900. The van der Waals surface area contributed by atoms with Crippen LogP contribution < -0.4 is 0 Å². The molecule has 3 nitrogen and oxygen atoms in total. The van der Waals surface area contributed by atoms with Gasteiger partial charge >= 0.3 is 0 Å². The predicted octanol–water partition coefficient (Wildman–Crippen LogP) is 2.42. The molecule has 0 aromatic carbocycles. The normalized spacial score (nSPS) is 13.2. The van der Waals surface area contributed by atoms with Crippen molar-refractivity contribution in [3.05, 3.63) is 0 Å². The highest BCUT2D eigenvalue weighted by Crippen LogP contribution is 2.18. The molecule has 16 heavy (non-hydrogen) atoms. The molecule has 0 bridgehead atoms. The van der Waals surface area contributed by atoms with E-state index in [0.29, 0.717) is 6.54 Å². The van der Waals surface area contributed by atoms with E-state index in [1.807, 2.05) is 13.8 Å². The number of rotatable bonds is 7. The second-order valence-corrected chi connectivity index (χ2v) is 5.36. The van der Waals surface area contributed by atoms with Crippen LogP contribution in [-0.2, 0) is 4.79 Å². The van der Waals surface area contributed by atoms with E-state index in [-0.39, 0.29) is 29.3 Å². The Kier molecular flexibility index (Phi) is 8.02. The Morgan fingerprint density at radius 1 is 1.31 bits per heavy atom. The van der Waals surface area contributed by atoms with E-state index in [1.165, 1.54) is 0 Å². The van der Waals surface area contributed by atoms with Crippen LogP contribution >= 0.6 is 15.9 Å². The minimum atomic E-state index is -0.153. The van der Waals surface area contributed by atoms with Crippen molar-refractivity contribution in [2.75, 3.05) is 13.2 Å². The van der Waals surface area contributed by atoms with Crippen LogP contribution in [-0.4, -0.2) is 39.9 Å². The molecule has 1 atom stereocenters. The molecule has 96 valence electrons. The maximum absolute atomic E-state index is 12.2. The SMILES string of the molecule is CCC(CC)N(CCO)C(=O)C(Br)C(C)C. The fraction of sp³-hybridized carbons (Fsp3) is 0.917. The minimum absolute atomic E-state index is 0.0278. The van der Waals surface area contributed by atoms with Gasteiger partial charge in [0.25, 0.3) is 0 Å². The molecule has 4 heteroatoms. The standard InChI is InChI=1S/C12H24BrNO2/c1-5-10(6-2)14(7-8-15)12(16)11(13)9(3)4/h9-11,15H,5-8H2,1-4H3. The fourth-order valence-electron chi connectivity index (χ4n) is 1.75. The molecular weight excluding hydrogens is 270 g/mol. The third-order valence-electron chi connectivity index (χ3n) is 2.83. The molecular formula is C12H24BrNO2. The quantitative estimate of drug-likeness (QED) is 0.733. The van der Waals surface area contributed by atoms with Crippen LogP contribution in [0, 0.1) is 5.92 Å². The number of halogens is 1. The molecule has 0 spiro atoms. The molecule has 1 N–H and O–H groups in total. The van der Waals surface area contributed by atoms with Gasteiger partial charge in [0.2, 0.25) is 5.91 Å². The van der Waals surface area contributed by atoms with Gasteiger partial charge < -0.3 is 10.0 Å². The van der Waals surface area contributed by atoms with Gasteiger partial charge in [-0.25, -0.2) is 0 Å². The molecule has 0 aliphatic carbocycles. The van der Waals surface area contributed by atoms with Gasteiger partial charge in [-0.05, 0) is 18.8 Å². The van der Waals surface area contributed by atoms with Crippen molar-refractivity contribution in [2.24, 2.45) is 5.92 Å². The number of aliphatic hydroxyl groups is 1. The van der Waals surface area contributed by atoms with Gasteiger partial charge in [-0.2, -0.15) is 0 Å². The lowest BCUT2D eigenvalue weighted by Crippen LogP contribution is -2.46. The molecule has 0 heterocycles. The van der Waals surface area contributed by atoms with E-state index in [0.717, 1.165) is 12.8 Å². The van der Waals surface area contributed by atoms with Gasteiger partial charge in [0.05, 0.1) is 11.4 Å². The summed E-state index contributed by atoms with van der Waals surface area (Å²) in [6.45, 7) is 8.64. The number of alkyl halides is 1. The zero-order valence-electron chi connectivity index (χ0n) is 10.7. The lowest BCUT2D eigenvalue weighted by molar-refractivity contribution is -0.134. The summed E-state index contributed by atoms with van der Waals surface area (Å²) < 4.78 is 0. The molecule has 0 saturated heterocycles. The first-order valence-corrected chi connectivity index (χ1v) is 6.96. The Morgan fingerprint density at radius 3 is 2.12 bits per heavy atom. The fourth-order valence-corrected chi connectivity index (χ4v) is 2.02. The molecule has 0 aromatic rings. The third-order valence-corrected chi connectivity index (χ3v) is 4.28. The summed E-state index contributed by atoms with van der Waals surface area (Å²) in [6, 6.07) is 0.235. The minimum Gasteiger partial charge on any atom is -0.395 e. The van der Waals surface area contributed by atoms with Crippen molar-refractivity contribution in [2.45, 2.75) is 51.4 Å². The number of hydrogen-bond donors (Lipinski definition) is 1. The molecule has 0 fully saturated rings. The molecule has 0 aliphatic heterocycles. The van der Waals surface area contributed by atoms with Crippen LogP contribution in [0.3, 0.4) is 0 Å². The van der Waals surface area contributed by atoms with E-state index in [4.69, 9.17) is 5.11 Å².